The first-order valence-electron chi connectivity index (χ1n) is 15.8. The predicted octanol–water partition coefficient (Wildman–Crippen LogP) is 6.25. The van der Waals surface area contributed by atoms with Gasteiger partial charge in [0.05, 0.1) is 11.9 Å². The highest BCUT2D eigenvalue weighted by atomic mass is 32.2. The van der Waals surface area contributed by atoms with Gasteiger partial charge >= 0.3 is 0 Å². The van der Waals surface area contributed by atoms with Crippen LogP contribution in [0.15, 0.2) is 72.8 Å². The van der Waals surface area contributed by atoms with Crippen molar-refractivity contribution in [1.82, 2.24) is 10.2 Å². The van der Waals surface area contributed by atoms with Crippen molar-refractivity contribution in [1.29, 1.82) is 0 Å². The summed E-state index contributed by atoms with van der Waals surface area (Å²) in [6.07, 6.45) is 7.32. The molecule has 0 heterocycles. The zero-order valence-electron chi connectivity index (χ0n) is 26.6. The van der Waals surface area contributed by atoms with Crippen LogP contribution in [0.4, 0.5) is 5.69 Å². The van der Waals surface area contributed by atoms with E-state index in [9.17, 15) is 18.0 Å². The number of amides is 2. The van der Waals surface area contributed by atoms with Crippen LogP contribution in [0.3, 0.4) is 0 Å². The molecule has 0 saturated heterocycles. The number of nitrogens with one attached hydrogen (secondary N) is 1. The lowest BCUT2D eigenvalue weighted by molar-refractivity contribution is -0.141. The molecule has 0 bridgehead atoms. The van der Waals surface area contributed by atoms with Gasteiger partial charge in [0.25, 0.3) is 0 Å². The Hall–Kier alpha value is -3.65. The lowest BCUT2D eigenvalue weighted by Gasteiger charge is -2.34. The standard InChI is InChI=1S/C36H47N3O4S/c1-27-20-22-31(23-21-27)26-38(34(25-30-14-7-5-8-15-30)36(41)37-32-16-9-6-10-17-32)35(40)19-12-24-39(44(4,42)43)33-18-11-13-28(2)29(33)3/h5,7-8,11,13-15,18,20-23,32,34H,6,9-10,12,16-17,19,24-26H2,1-4H3,(H,37,41)/t34-/m0/s1. The molecule has 0 unspecified atom stereocenters. The molecule has 3 aromatic rings. The number of carbonyl (C=O) groups is 2. The molecular formula is C36H47N3O4S. The maximum absolute atomic E-state index is 14.1. The van der Waals surface area contributed by atoms with Crippen LogP contribution >= 0.6 is 0 Å². The molecule has 1 atom stereocenters. The van der Waals surface area contributed by atoms with Gasteiger partial charge in [-0.3, -0.25) is 13.9 Å². The molecule has 1 saturated carbocycles. The monoisotopic (exact) mass is 617 g/mol. The summed E-state index contributed by atoms with van der Waals surface area (Å²) < 4.78 is 27.1. The smallest absolute Gasteiger partial charge is 0.243 e. The fourth-order valence-corrected chi connectivity index (χ4v) is 6.99. The molecule has 44 heavy (non-hydrogen) atoms. The average Bonchev–Trinajstić information content (AvgIpc) is 3.00. The van der Waals surface area contributed by atoms with Gasteiger partial charge in [0.2, 0.25) is 21.8 Å². The second-order valence-corrected chi connectivity index (χ2v) is 14.1. The number of rotatable bonds is 13. The summed E-state index contributed by atoms with van der Waals surface area (Å²) in [5.74, 6) is -0.297. The van der Waals surface area contributed by atoms with Crippen LogP contribution in [0.2, 0.25) is 0 Å². The molecule has 4 rings (SSSR count). The third-order valence-electron chi connectivity index (χ3n) is 8.69. The van der Waals surface area contributed by atoms with Gasteiger partial charge in [0.15, 0.2) is 0 Å². The van der Waals surface area contributed by atoms with E-state index in [1.807, 2.05) is 87.5 Å². The van der Waals surface area contributed by atoms with E-state index in [4.69, 9.17) is 0 Å². The van der Waals surface area contributed by atoms with Crippen molar-refractivity contribution < 1.29 is 18.0 Å². The second kappa shape index (κ2) is 15.4. The Kier molecular flexibility index (Phi) is 11.6. The number of carbonyl (C=O) groups excluding carboxylic acids is 2. The Labute approximate surface area is 263 Å². The minimum absolute atomic E-state index is 0.116. The second-order valence-electron chi connectivity index (χ2n) is 12.2. The largest absolute Gasteiger partial charge is 0.352 e. The van der Waals surface area contributed by atoms with Crippen LogP contribution in [0.5, 0.6) is 0 Å². The summed E-state index contributed by atoms with van der Waals surface area (Å²) >= 11 is 0. The van der Waals surface area contributed by atoms with E-state index >= 15 is 0 Å². The van der Waals surface area contributed by atoms with Crippen LogP contribution < -0.4 is 9.62 Å². The zero-order valence-corrected chi connectivity index (χ0v) is 27.4. The van der Waals surface area contributed by atoms with Gasteiger partial charge in [0, 0.05) is 32.0 Å². The Morgan fingerprint density at radius 3 is 2.20 bits per heavy atom. The molecule has 0 aromatic heterocycles. The molecule has 236 valence electrons. The van der Waals surface area contributed by atoms with Gasteiger partial charge < -0.3 is 10.2 Å². The summed E-state index contributed by atoms with van der Waals surface area (Å²) in [6, 6.07) is 22.9. The molecule has 8 heteroatoms. The quantitative estimate of drug-likeness (QED) is 0.246. The van der Waals surface area contributed by atoms with Crippen molar-refractivity contribution >= 4 is 27.5 Å². The molecule has 7 nitrogen and oxygen atoms in total. The number of anilines is 1. The Morgan fingerprint density at radius 2 is 1.55 bits per heavy atom. The van der Waals surface area contributed by atoms with E-state index < -0.39 is 16.1 Å². The first kappa shape index (κ1) is 33.2. The van der Waals surface area contributed by atoms with Crippen molar-refractivity contribution in [3.8, 4) is 0 Å². The summed E-state index contributed by atoms with van der Waals surface area (Å²) in [6.45, 7) is 6.35. The molecule has 2 amide bonds. The summed E-state index contributed by atoms with van der Waals surface area (Å²) in [7, 11) is -3.57. The van der Waals surface area contributed by atoms with Crippen molar-refractivity contribution in [2.24, 2.45) is 0 Å². The molecule has 1 fully saturated rings. The van der Waals surface area contributed by atoms with Crippen LogP contribution in [0.1, 0.15) is 72.8 Å². The highest BCUT2D eigenvalue weighted by Gasteiger charge is 2.32. The summed E-state index contributed by atoms with van der Waals surface area (Å²) in [5, 5.41) is 3.28. The number of aryl methyl sites for hydroxylation is 2. The summed E-state index contributed by atoms with van der Waals surface area (Å²) in [5.41, 5.74) is 5.58. The van der Waals surface area contributed by atoms with E-state index in [-0.39, 0.29) is 30.8 Å². The van der Waals surface area contributed by atoms with Crippen molar-refractivity contribution in [3.63, 3.8) is 0 Å². The summed E-state index contributed by atoms with van der Waals surface area (Å²) in [4.78, 5) is 29.8. The molecular weight excluding hydrogens is 570 g/mol. The number of sulfonamides is 1. The third kappa shape index (κ3) is 9.18. The Bertz CT molecular complexity index is 1500. The van der Waals surface area contributed by atoms with Crippen molar-refractivity contribution in [3.05, 3.63) is 101 Å². The van der Waals surface area contributed by atoms with Crippen LogP contribution in [0.25, 0.3) is 0 Å². The van der Waals surface area contributed by atoms with Gasteiger partial charge in [-0.25, -0.2) is 8.42 Å². The van der Waals surface area contributed by atoms with E-state index in [0.29, 0.717) is 25.1 Å². The lowest BCUT2D eigenvalue weighted by Crippen LogP contribution is -2.52. The highest BCUT2D eigenvalue weighted by Crippen LogP contribution is 2.26. The molecule has 3 aromatic carbocycles. The fraction of sp³-hybridized carbons (Fsp3) is 0.444. The average molecular weight is 618 g/mol. The molecule has 0 radical (unpaired) electrons. The molecule has 1 N–H and O–H groups in total. The topological polar surface area (TPSA) is 86.8 Å². The normalized spacial score (nSPS) is 14.5. The van der Waals surface area contributed by atoms with Crippen LogP contribution in [-0.4, -0.2) is 50.0 Å². The Morgan fingerprint density at radius 1 is 0.864 bits per heavy atom. The molecule has 0 aliphatic heterocycles. The fourth-order valence-electron chi connectivity index (χ4n) is 5.98. The molecule has 0 spiro atoms. The van der Waals surface area contributed by atoms with Crippen LogP contribution in [-0.2, 0) is 32.6 Å². The first-order chi connectivity index (χ1) is 21.0. The Balaban J connectivity index is 1.60. The van der Waals surface area contributed by atoms with Gasteiger partial charge in [-0.1, -0.05) is 91.6 Å². The maximum Gasteiger partial charge on any atom is 0.243 e. The number of benzene rings is 3. The minimum atomic E-state index is -3.57. The van der Waals surface area contributed by atoms with Gasteiger partial charge in [0.1, 0.15) is 6.04 Å². The highest BCUT2D eigenvalue weighted by molar-refractivity contribution is 7.92. The lowest BCUT2D eigenvalue weighted by atomic mass is 9.94. The zero-order chi connectivity index (χ0) is 31.7. The minimum Gasteiger partial charge on any atom is -0.352 e. The maximum atomic E-state index is 14.1. The number of hydrogen-bond donors (Lipinski definition) is 1. The van der Waals surface area contributed by atoms with Gasteiger partial charge in [-0.2, -0.15) is 0 Å². The van der Waals surface area contributed by atoms with Crippen LogP contribution in [0, 0.1) is 20.8 Å². The first-order valence-corrected chi connectivity index (χ1v) is 17.6. The third-order valence-corrected chi connectivity index (χ3v) is 9.87. The van der Waals surface area contributed by atoms with Gasteiger partial charge in [-0.15, -0.1) is 0 Å². The molecule has 1 aliphatic rings. The van der Waals surface area contributed by atoms with E-state index in [1.165, 1.54) is 17.0 Å². The van der Waals surface area contributed by atoms with Gasteiger partial charge in [-0.05, 0) is 68.4 Å². The number of nitrogens with zero attached hydrogens (tertiary/aromatic N) is 2. The van der Waals surface area contributed by atoms with E-state index in [0.717, 1.165) is 53.5 Å². The predicted molar refractivity (Wildman–Crippen MR) is 178 cm³/mol. The van der Waals surface area contributed by atoms with Crippen molar-refractivity contribution in [2.45, 2.75) is 90.8 Å². The van der Waals surface area contributed by atoms with Crippen molar-refractivity contribution in [2.75, 3.05) is 17.1 Å². The molecule has 1 aliphatic carbocycles. The van der Waals surface area contributed by atoms with E-state index in [2.05, 4.69) is 5.32 Å². The SMILES string of the molecule is Cc1ccc(CN(C(=O)CCCN(c2cccc(C)c2C)S(C)(=O)=O)[C@@H](Cc2ccccc2)C(=O)NC2CCCCC2)cc1. The number of hydrogen-bond acceptors (Lipinski definition) is 4. The van der Waals surface area contributed by atoms with E-state index in [1.54, 1.807) is 11.0 Å².